The lowest BCUT2D eigenvalue weighted by Crippen LogP contribution is -2.48. The number of carbonyl (C=O) groups is 2. The van der Waals surface area contributed by atoms with Gasteiger partial charge in [0.25, 0.3) is 0 Å². The van der Waals surface area contributed by atoms with E-state index in [-0.39, 0.29) is 30.3 Å². The Balaban J connectivity index is 2.69. The van der Waals surface area contributed by atoms with Crippen LogP contribution >= 0.6 is 0 Å². The van der Waals surface area contributed by atoms with Crippen molar-refractivity contribution < 1.29 is 14.3 Å². The molecule has 2 unspecified atom stereocenters. The van der Waals surface area contributed by atoms with Crippen molar-refractivity contribution in [1.29, 1.82) is 0 Å². The van der Waals surface area contributed by atoms with Crippen LogP contribution in [0, 0.1) is 5.92 Å². The zero-order valence-electron chi connectivity index (χ0n) is 12.3. The molecule has 1 fully saturated rings. The zero-order valence-corrected chi connectivity index (χ0v) is 12.3. The van der Waals surface area contributed by atoms with Gasteiger partial charge in [-0.05, 0) is 13.5 Å². The van der Waals surface area contributed by atoms with Gasteiger partial charge in [0.1, 0.15) is 0 Å². The van der Waals surface area contributed by atoms with Crippen molar-refractivity contribution in [3.63, 3.8) is 0 Å². The molecule has 1 rings (SSSR count). The van der Waals surface area contributed by atoms with Gasteiger partial charge in [0.15, 0.2) is 0 Å². The Morgan fingerprint density at radius 1 is 1.32 bits per heavy atom. The molecule has 1 aliphatic heterocycles. The SMILES string of the molecule is CCCN(CC(=O)N(C)C)C(=O)C1COCC1NC. The van der Waals surface area contributed by atoms with Crippen LogP contribution in [0.2, 0.25) is 0 Å². The minimum absolute atomic E-state index is 0.00824. The highest BCUT2D eigenvalue weighted by Gasteiger charge is 2.36. The van der Waals surface area contributed by atoms with E-state index in [1.807, 2.05) is 14.0 Å². The summed E-state index contributed by atoms with van der Waals surface area (Å²) in [6.45, 7) is 3.73. The first-order valence-corrected chi connectivity index (χ1v) is 6.75. The lowest BCUT2D eigenvalue weighted by molar-refractivity contribution is -0.142. The molecule has 110 valence electrons. The molecule has 6 nitrogen and oxygen atoms in total. The number of carbonyl (C=O) groups excluding carboxylic acids is 2. The van der Waals surface area contributed by atoms with E-state index in [0.29, 0.717) is 19.8 Å². The van der Waals surface area contributed by atoms with Gasteiger partial charge in [0.05, 0.1) is 25.7 Å². The van der Waals surface area contributed by atoms with Crippen molar-refractivity contribution in [3.05, 3.63) is 0 Å². The fraction of sp³-hybridized carbons (Fsp3) is 0.846. The first-order chi connectivity index (χ1) is 9.01. The van der Waals surface area contributed by atoms with Gasteiger partial charge < -0.3 is 19.9 Å². The second-order valence-electron chi connectivity index (χ2n) is 5.09. The number of ether oxygens (including phenoxy) is 1. The van der Waals surface area contributed by atoms with Crippen molar-refractivity contribution in [2.75, 3.05) is 47.4 Å². The summed E-state index contributed by atoms with van der Waals surface area (Å²) in [6.07, 6.45) is 0.838. The number of amides is 2. The van der Waals surface area contributed by atoms with Crippen LogP contribution in [0.1, 0.15) is 13.3 Å². The first-order valence-electron chi connectivity index (χ1n) is 6.75. The molecule has 6 heteroatoms. The molecule has 0 bridgehead atoms. The summed E-state index contributed by atoms with van der Waals surface area (Å²) in [7, 11) is 5.23. The Hall–Kier alpha value is -1.14. The predicted octanol–water partition coefficient (Wildman–Crippen LogP) is -0.452. The van der Waals surface area contributed by atoms with Gasteiger partial charge in [0.2, 0.25) is 11.8 Å². The van der Waals surface area contributed by atoms with Gasteiger partial charge in [-0.25, -0.2) is 0 Å². The molecule has 0 saturated carbocycles. The third-order valence-corrected chi connectivity index (χ3v) is 3.40. The standard InChI is InChI=1S/C13H25N3O3/c1-5-6-16(7-12(17)15(3)4)13(18)10-8-19-9-11(10)14-2/h10-11,14H,5-9H2,1-4H3. The quantitative estimate of drug-likeness (QED) is 0.710. The minimum Gasteiger partial charge on any atom is -0.379 e. The number of hydrogen-bond donors (Lipinski definition) is 1. The molecule has 0 aliphatic carbocycles. The summed E-state index contributed by atoms with van der Waals surface area (Å²) in [6, 6.07) is 0.0429. The van der Waals surface area contributed by atoms with Crippen LogP contribution in [0.5, 0.6) is 0 Å². The molecule has 0 radical (unpaired) electrons. The smallest absolute Gasteiger partial charge is 0.241 e. The third-order valence-electron chi connectivity index (χ3n) is 3.40. The van der Waals surface area contributed by atoms with Crippen LogP contribution in [0.4, 0.5) is 0 Å². The molecule has 1 N–H and O–H groups in total. The normalized spacial score (nSPS) is 22.3. The highest BCUT2D eigenvalue weighted by atomic mass is 16.5. The Labute approximate surface area is 115 Å². The number of likely N-dealkylation sites (N-methyl/N-ethyl adjacent to an activating group) is 2. The fourth-order valence-corrected chi connectivity index (χ4v) is 2.16. The molecule has 1 aliphatic rings. The van der Waals surface area contributed by atoms with Gasteiger partial charge in [0, 0.05) is 26.7 Å². The Kier molecular flexibility index (Phi) is 6.24. The van der Waals surface area contributed by atoms with E-state index in [0.717, 1.165) is 6.42 Å². The van der Waals surface area contributed by atoms with Gasteiger partial charge in [-0.1, -0.05) is 6.92 Å². The third kappa shape index (κ3) is 4.18. The fourth-order valence-electron chi connectivity index (χ4n) is 2.16. The van der Waals surface area contributed by atoms with E-state index in [9.17, 15) is 9.59 Å². The summed E-state index contributed by atoms with van der Waals surface area (Å²) in [5, 5.41) is 3.10. The van der Waals surface area contributed by atoms with E-state index >= 15 is 0 Å². The molecule has 0 aromatic carbocycles. The molecule has 0 aromatic heterocycles. The van der Waals surface area contributed by atoms with E-state index in [4.69, 9.17) is 4.74 Å². The lowest BCUT2D eigenvalue weighted by Gasteiger charge is -2.27. The van der Waals surface area contributed by atoms with Crippen LogP contribution in [-0.2, 0) is 14.3 Å². The van der Waals surface area contributed by atoms with E-state index in [1.54, 1.807) is 19.0 Å². The van der Waals surface area contributed by atoms with E-state index in [2.05, 4.69) is 5.32 Å². The number of hydrogen-bond acceptors (Lipinski definition) is 4. The van der Waals surface area contributed by atoms with Gasteiger partial charge in [-0.3, -0.25) is 9.59 Å². The predicted molar refractivity (Wildman–Crippen MR) is 72.7 cm³/mol. The van der Waals surface area contributed by atoms with E-state index < -0.39 is 0 Å². The largest absolute Gasteiger partial charge is 0.379 e. The van der Waals surface area contributed by atoms with Crippen LogP contribution in [-0.4, -0.2) is 75.1 Å². The first kappa shape index (κ1) is 15.9. The van der Waals surface area contributed by atoms with E-state index in [1.165, 1.54) is 4.90 Å². The number of nitrogens with zero attached hydrogens (tertiary/aromatic N) is 2. The molecule has 0 aromatic rings. The average Bonchev–Trinajstić information content (AvgIpc) is 2.85. The monoisotopic (exact) mass is 271 g/mol. The summed E-state index contributed by atoms with van der Waals surface area (Å²) < 4.78 is 5.36. The maximum Gasteiger partial charge on any atom is 0.241 e. The van der Waals surface area contributed by atoms with Crippen LogP contribution in [0.3, 0.4) is 0 Å². The van der Waals surface area contributed by atoms with Crippen LogP contribution < -0.4 is 5.32 Å². The van der Waals surface area contributed by atoms with Gasteiger partial charge in [-0.15, -0.1) is 0 Å². The van der Waals surface area contributed by atoms with Crippen molar-refractivity contribution in [3.8, 4) is 0 Å². The average molecular weight is 271 g/mol. The molecule has 0 spiro atoms. The molecule has 2 atom stereocenters. The summed E-state index contributed by atoms with van der Waals surface area (Å²) in [4.78, 5) is 27.4. The molecular formula is C13H25N3O3. The second-order valence-corrected chi connectivity index (χ2v) is 5.09. The van der Waals surface area contributed by atoms with Gasteiger partial charge in [-0.2, -0.15) is 0 Å². The number of nitrogens with one attached hydrogen (secondary N) is 1. The number of rotatable bonds is 6. The lowest BCUT2D eigenvalue weighted by atomic mass is 10.0. The molecule has 1 heterocycles. The van der Waals surface area contributed by atoms with Crippen molar-refractivity contribution >= 4 is 11.8 Å². The maximum absolute atomic E-state index is 12.5. The summed E-state index contributed by atoms with van der Waals surface area (Å²) >= 11 is 0. The molecule has 2 amide bonds. The maximum atomic E-state index is 12.5. The highest BCUT2D eigenvalue weighted by molar-refractivity contribution is 5.86. The Bertz CT molecular complexity index is 320. The zero-order chi connectivity index (χ0) is 14.4. The molecular weight excluding hydrogens is 246 g/mol. The van der Waals surface area contributed by atoms with Crippen molar-refractivity contribution in [2.45, 2.75) is 19.4 Å². The Morgan fingerprint density at radius 3 is 2.53 bits per heavy atom. The van der Waals surface area contributed by atoms with Gasteiger partial charge >= 0.3 is 0 Å². The molecule has 1 saturated heterocycles. The van der Waals surface area contributed by atoms with Crippen LogP contribution in [0.15, 0.2) is 0 Å². The summed E-state index contributed by atoms with van der Waals surface area (Å²) in [5.74, 6) is -0.234. The second kappa shape index (κ2) is 7.45. The van der Waals surface area contributed by atoms with Crippen molar-refractivity contribution in [1.82, 2.24) is 15.1 Å². The van der Waals surface area contributed by atoms with Crippen LogP contribution in [0.25, 0.3) is 0 Å². The molecule has 19 heavy (non-hydrogen) atoms. The highest BCUT2D eigenvalue weighted by Crippen LogP contribution is 2.16. The Morgan fingerprint density at radius 2 is 2.00 bits per heavy atom. The van der Waals surface area contributed by atoms with Crippen molar-refractivity contribution in [2.24, 2.45) is 5.92 Å². The topological polar surface area (TPSA) is 61.9 Å². The minimum atomic E-state index is -0.188. The summed E-state index contributed by atoms with van der Waals surface area (Å²) in [5.41, 5.74) is 0.